The van der Waals surface area contributed by atoms with Crippen molar-refractivity contribution < 1.29 is 14.7 Å². The van der Waals surface area contributed by atoms with E-state index in [2.05, 4.69) is 15.1 Å². The molecule has 2 aromatic carbocycles. The highest BCUT2D eigenvalue weighted by Crippen LogP contribution is 2.36. The van der Waals surface area contributed by atoms with Gasteiger partial charge in [0.15, 0.2) is 11.6 Å². The van der Waals surface area contributed by atoms with Gasteiger partial charge in [-0.1, -0.05) is 60.7 Å². The van der Waals surface area contributed by atoms with Crippen molar-refractivity contribution in [3.63, 3.8) is 0 Å². The number of aliphatic hydroxyl groups excluding tert-OH is 1. The van der Waals surface area contributed by atoms with Gasteiger partial charge in [-0.2, -0.15) is 0 Å². The fourth-order valence-corrected chi connectivity index (χ4v) is 4.99. The first-order valence-corrected chi connectivity index (χ1v) is 12.3. The third-order valence-corrected chi connectivity index (χ3v) is 6.97. The Balaban J connectivity index is 1.41. The number of β-amino-alcohol motifs (C(OH)–C–C–N with tert-alkyl or cyclic N) is 1. The predicted molar refractivity (Wildman–Crippen MR) is 134 cm³/mol. The summed E-state index contributed by atoms with van der Waals surface area (Å²) in [7, 11) is 0. The van der Waals surface area contributed by atoms with E-state index < -0.39 is 0 Å². The monoisotopic (exact) mass is 461 g/mol. The molecule has 1 heterocycles. The number of hydrogen-bond donors (Lipinski definition) is 2. The summed E-state index contributed by atoms with van der Waals surface area (Å²) >= 11 is 0. The normalized spacial score (nSPS) is 23.4. The van der Waals surface area contributed by atoms with Crippen LogP contribution in [0.1, 0.15) is 23.5 Å². The molecule has 1 aliphatic heterocycles. The second-order valence-electron chi connectivity index (χ2n) is 9.23. The molecule has 1 saturated carbocycles. The van der Waals surface area contributed by atoms with Crippen molar-refractivity contribution in [1.29, 1.82) is 0 Å². The predicted octanol–water partition coefficient (Wildman–Crippen LogP) is 2.25. The summed E-state index contributed by atoms with van der Waals surface area (Å²) in [6, 6.07) is 19.9. The molecule has 0 amide bonds. The fourth-order valence-electron chi connectivity index (χ4n) is 4.99. The van der Waals surface area contributed by atoms with Gasteiger partial charge in [-0.25, -0.2) is 0 Å². The molecular formula is C28H35N3O3. The number of benzene rings is 2. The number of piperazine rings is 1. The lowest BCUT2D eigenvalue weighted by Crippen LogP contribution is -2.48. The number of nitrogens with zero attached hydrogens (tertiary/aromatic N) is 2. The Kier molecular flexibility index (Phi) is 8.63. The molecule has 2 unspecified atom stereocenters. The molecule has 1 aliphatic carbocycles. The Bertz CT molecular complexity index is 969. The molecule has 4 rings (SSSR count). The van der Waals surface area contributed by atoms with E-state index in [1.54, 1.807) is 6.20 Å². The number of ketones is 2. The summed E-state index contributed by atoms with van der Waals surface area (Å²) < 4.78 is 0. The number of Topliss-reactive ketones (excluding diaryl/α,β-unsaturated/α-hetero) is 2. The van der Waals surface area contributed by atoms with Gasteiger partial charge >= 0.3 is 0 Å². The molecule has 0 bridgehead atoms. The molecule has 1 saturated heterocycles. The van der Waals surface area contributed by atoms with Gasteiger partial charge in [0.05, 0.1) is 12.2 Å². The van der Waals surface area contributed by atoms with E-state index in [1.165, 1.54) is 0 Å². The molecule has 2 aliphatic rings. The molecule has 0 spiro atoms. The highest BCUT2D eigenvalue weighted by atomic mass is 16.3. The Morgan fingerprint density at radius 3 is 2.12 bits per heavy atom. The minimum absolute atomic E-state index is 0.0499. The van der Waals surface area contributed by atoms with Gasteiger partial charge in [-0.3, -0.25) is 19.4 Å². The van der Waals surface area contributed by atoms with Gasteiger partial charge in [0.1, 0.15) is 0 Å². The van der Waals surface area contributed by atoms with Gasteiger partial charge in [0.25, 0.3) is 0 Å². The van der Waals surface area contributed by atoms with Crippen molar-refractivity contribution in [3.8, 4) is 0 Å². The lowest BCUT2D eigenvalue weighted by molar-refractivity contribution is -0.128. The molecule has 34 heavy (non-hydrogen) atoms. The number of rotatable bonds is 9. The molecule has 0 aromatic heterocycles. The number of hydrogen-bond acceptors (Lipinski definition) is 6. The standard InChI is InChI=1S/C28H35N3O3/c32-18-17-31-15-13-30(14-16-31)12-11-29-21-26-27(33)24(19-22-7-3-1-4-8-22)20-25(28(26)34)23-9-5-2-6-10-23/h1-10,21,24-25,29,32H,11-20H2. The zero-order valence-electron chi connectivity index (χ0n) is 19.7. The second kappa shape index (κ2) is 12.1. The van der Waals surface area contributed by atoms with E-state index in [9.17, 15) is 9.59 Å². The zero-order chi connectivity index (χ0) is 23.8. The fraction of sp³-hybridized carbons (Fsp3) is 0.429. The summed E-state index contributed by atoms with van der Waals surface area (Å²) in [5.41, 5.74) is 2.40. The number of allylic oxidation sites excluding steroid dienone is 1. The third kappa shape index (κ3) is 6.20. The van der Waals surface area contributed by atoms with Crippen LogP contribution in [0.4, 0.5) is 0 Å². The smallest absolute Gasteiger partial charge is 0.175 e. The average Bonchev–Trinajstić information content (AvgIpc) is 2.87. The maximum atomic E-state index is 13.4. The van der Waals surface area contributed by atoms with Crippen molar-refractivity contribution in [3.05, 3.63) is 83.6 Å². The van der Waals surface area contributed by atoms with Crippen LogP contribution in [0.25, 0.3) is 0 Å². The first-order valence-electron chi connectivity index (χ1n) is 12.3. The van der Waals surface area contributed by atoms with Gasteiger partial charge in [-0.05, 0) is 24.0 Å². The first-order chi connectivity index (χ1) is 16.7. The minimum Gasteiger partial charge on any atom is -0.395 e. The maximum Gasteiger partial charge on any atom is 0.175 e. The van der Waals surface area contributed by atoms with Crippen molar-refractivity contribution in [2.75, 3.05) is 52.4 Å². The van der Waals surface area contributed by atoms with E-state index in [1.807, 2.05) is 60.7 Å². The Morgan fingerprint density at radius 1 is 0.853 bits per heavy atom. The van der Waals surface area contributed by atoms with E-state index in [4.69, 9.17) is 5.11 Å². The van der Waals surface area contributed by atoms with Crippen molar-refractivity contribution in [2.45, 2.75) is 18.8 Å². The van der Waals surface area contributed by atoms with Crippen LogP contribution in [-0.2, 0) is 16.0 Å². The minimum atomic E-state index is -0.291. The van der Waals surface area contributed by atoms with Crippen LogP contribution in [0.15, 0.2) is 72.4 Å². The lowest BCUT2D eigenvalue weighted by atomic mass is 9.72. The second-order valence-corrected chi connectivity index (χ2v) is 9.23. The summed E-state index contributed by atoms with van der Waals surface area (Å²) in [4.78, 5) is 31.3. The third-order valence-electron chi connectivity index (χ3n) is 6.97. The molecule has 6 heteroatoms. The van der Waals surface area contributed by atoms with Crippen molar-refractivity contribution >= 4 is 11.6 Å². The van der Waals surface area contributed by atoms with Crippen LogP contribution in [0, 0.1) is 5.92 Å². The van der Waals surface area contributed by atoms with Crippen molar-refractivity contribution in [2.24, 2.45) is 5.92 Å². The molecule has 2 aromatic rings. The van der Waals surface area contributed by atoms with E-state index in [0.29, 0.717) is 25.0 Å². The highest BCUT2D eigenvalue weighted by Gasteiger charge is 2.39. The summed E-state index contributed by atoms with van der Waals surface area (Å²) in [5, 5.41) is 12.3. The average molecular weight is 462 g/mol. The number of nitrogens with one attached hydrogen (secondary N) is 1. The van der Waals surface area contributed by atoms with Crippen molar-refractivity contribution in [1.82, 2.24) is 15.1 Å². The largest absolute Gasteiger partial charge is 0.395 e. The maximum absolute atomic E-state index is 13.4. The number of carbonyl (C=O) groups excluding carboxylic acids is 2. The van der Waals surface area contributed by atoms with Crippen LogP contribution in [0.3, 0.4) is 0 Å². The zero-order valence-corrected chi connectivity index (χ0v) is 19.7. The van der Waals surface area contributed by atoms with Crippen LogP contribution in [-0.4, -0.2) is 78.9 Å². The van der Waals surface area contributed by atoms with Gasteiger partial charge < -0.3 is 10.4 Å². The quantitative estimate of drug-likeness (QED) is 0.339. The molecule has 2 fully saturated rings. The lowest BCUT2D eigenvalue weighted by Gasteiger charge is -2.34. The van der Waals surface area contributed by atoms with Crippen LogP contribution in [0.2, 0.25) is 0 Å². The Morgan fingerprint density at radius 2 is 1.47 bits per heavy atom. The Hall–Kier alpha value is -2.80. The summed E-state index contributed by atoms with van der Waals surface area (Å²) in [6.45, 7) is 6.31. The summed E-state index contributed by atoms with van der Waals surface area (Å²) in [6.07, 6.45) is 2.86. The molecular weight excluding hydrogens is 426 g/mol. The van der Waals surface area contributed by atoms with Crippen LogP contribution >= 0.6 is 0 Å². The molecule has 180 valence electrons. The number of aliphatic hydroxyl groups is 1. The molecule has 2 N–H and O–H groups in total. The molecule has 2 atom stereocenters. The van der Waals surface area contributed by atoms with Gasteiger partial charge in [-0.15, -0.1) is 0 Å². The van der Waals surface area contributed by atoms with Crippen LogP contribution in [0.5, 0.6) is 0 Å². The van der Waals surface area contributed by atoms with Gasteiger partial charge in [0.2, 0.25) is 0 Å². The van der Waals surface area contributed by atoms with Gasteiger partial charge in [0, 0.05) is 63.8 Å². The van der Waals surface area contributed by atoms with E-state index in [0.717, 1.165) is 50.4 Å². The highest BCUT2D eigenvalue weighted by molar-refractivity contribution is 6.24. The van der Waals surface area contributed by atoms with E-state index in [-0.39, 0.29) is 30.0 Å². The van der Waals surface area contributed by atoms with Crippen LogP contribution < -0.4 is 5.32 Å². The summed E-state index contributed by atoms with van der Waals surface area (Å²) in [5.74, 6) is -0.630. The molecule has 0 radical (unpaired) electrons. The SMILES string of the molecule is O=C1C(=CNCCN2CCN(CCO)CC2)C(=O)C(c2ccccc2)CC1Cc1ccccc1. The number of carbonyl (C=O) groups is 2. The Labute approximate surface area is 202 Å². The van der Waals surface area contributed by atoms with E-state index >= 15 is 0 Å². The first kappa shape index (κ1) is 24.3. The molecule has 6 nitrogen and oxygen atoms in total. The topological polar surface area (TPSA) is 72.9 Å².